The number of alkyl halides is 6. The van der Waals surface area contributed by atoms with Gasteiger partial charge in [0.05, 0.1) is 30.9 Å². The van der Waals surface area contributed by atoms with Crippen LogP contribution in [0.1, 0.15) is 53.5 Å². The van der Waals surface area contributed by atoms with Crippen molar-refractivity contribution in [2.24, 2.45) is 0 Å². The number of aromatic nitrogens is 1. The van der Waals surface area contributed by atoms with Crippen molar-refractivity contribution in [3.05, 3.63) is 185 Å². The first-order chi connectivity index (χ1) is 32.9. The van der Waals surface area contributed by atoms with Gasteiger partial charge in [-0.1, -0.05) is 48.5 Å². The van der Waals surface area contributed by atoms with Crippen molar-refractivity contribution >= 4 is 29.2 Å². The Labute approximate surface area is 392 Å². The lowest BCUT2D eigenvalue weighted by Gasteiger charge is -2.19. The third kappa shape index (κ3) is 12.8. The zero-order valence-electron chi connectivity index (χ0n) is 37.3. The summed E-state index contributed by atoms with van der Waals surface area (Å²) in [5, 5.41) is 14.3. The number of carboxylic acid groups (broad SMARTS) is 1. The van der Waals surface area contributed by atoms with Gasteiger partial charge in [0.1, 0.15) is 30.3 Å². The summed E-state index contributed by atoms with van der Waals surface area (Å²) in [4.78, 5) is 39.5. The fourth-order valence-electron chi connectivity index (χ4n) is 6.90. The molecule has 0 saturated carbocycles. The van der Waals surface area contributed by atoms with Gasteiger partial charge in [-0.3, -0.25) is 14.6 Å². The molecule has 2 amide bonds. The zero-order chi connectivity index (χ0) is 49.9. The average Bonchev–Trinajstić information content (AvgIpc) is 3.34. The normalized spacial score (nSPS) is 11.7. The van der Waals surface area contributed by atoms with Gasteiger partial charge in [-0.2, -0.15) is 26.3 Å². The number of para-hydroxylation sites is 1. The highest BCUT2D eigenvalue weighted by atomic mass is 19.4. The minimum absolute atomic E-state index is 0.0658. The van der Waals surface area contributed by atoms with Crippen LogP contribution in [-0.2, 0) is 12.4 Å². The predicted molar refractivity (Wildman–Crippen MR) is 247 cm³/mol. The number of amides is 2. The molecule has 17 heteroatoms. The summed E-state index contributed by atoms with van der Waals surface area (Å²) in [5.74, 6) is 0.785. The number of nitrogens with zero attached hydrogens (tertiary/aromatic N) is 1. The Bertz CT molecular complexity index is 2940. The smallest absolute Gasteiger partial charge is 0.417 e. The van der Waals surface area contributed by atoms with Crippen LogP contribution in [0.3, 0.4) is 0 Å². The van der Waals surface area contributed by atoms with Crippen LogP contribution in [0.25, 0.3) is 22.3 Å². The van der Waals surface area contributed by atoms with Crippen LogP contribution in [0.4, 0.5) is 37.7 Å². The summed E-state index contributed by atoms with van der Waals surface area (Å²) in [5.41, 5.74) is 2.47. The molecule has 8 rings (SSSR count). The molecular weight excluding hydrogens is 909 g/mol. The van der Waals surface area contributed by atoms with Gasteiger partial charge in [0, 0.05) is 34.4 Å². The van der Waals surface area contributed by atoms with E-state index in [-0.39, 0.29) is 22.7 Å². The molecule has 2 heterocycles. The summed E-state index contributed by atoms with van der Waals surface area (Å²) in [6, 6.07) is 35.2. The number of ether oxygens (including phenoxy) is 4. The van der Waals surface area contributed by atoms with Gasteiger partial charge in [0.25, 0.3) is 11.8 Å². The zero-order valence-corrected chi connectivity index (χ0v) is 37.3. The number of hydrogen-bond acceptors (Lipinski definition) is 8. The molecule has 69 heavy (non-hydrogen) atoms. The molecule has 0 unspecified atom stereocenters. The first-order valence-electron chi connectivity index (χ1n) is 20.8. The molecule has 0 atom stereocenters. The molecular formula is C52H43F6N3O8. The van der Waals surface area contributed by atoms with E-state index in [1.54, 1.807) is 45.4 Å². The number of halogens is 6. The number of benzene rings is 6. The molecule has 1 aliphatic heterocycles. The molecule has 1 aliphatic rings. The van der Waals surface area contributed by atoms with Crippen LogP contribution in [0.15, 0.2) is 146 Å². The molecule has 356 valence electrons. The maximum Gasteiger partial charge on any atom is 0.417 e. The maximum absolute atomic E-state index is 13.3. The molecule has 6 aromatic carbocycles. The molecule has 7 aromatic rings. The highest BCUT2D eigenvalue weighted by molar-refractivity contribution is 6.06. The number of fused-ring (bicyclic) bond motifs is 1. The number of hydrogen-bond donors (Lipinski definition) is 3. The van der Waals surface area contributed by atoms with Gasteiger partial charge in [-0.25, -0.2) is 4.79 Å². The molecule has 0 radical (unpaired) electrons. The minimum atomic E-state index is -4.83. The number of aromatic carboxylic acids is 1. The summed E-state index contributed by atoms with van der Waals surface area (Å²) in [6.45, 7) is 4.44. The van der Waals surface area contributed by atoms with Crippen LogP contribution in [0, 0.1) is 13.8 Å². The fraction of sp³-hybridized carbons (Fsp3) is 0.154. The van der Waals surface area contributed by atoms with Crippen LogP contribution in [0.5, 0.6) is 23.0 Å². The van der Waals surface area contributed by atoms with Gasteiger partial charge in [0.15, 0.2) is 11.5 Å². The van der Waals surface area contributed by atoms with Crippen molar-refractivity contribution in [3.63, 3.8) is 0 Å². The number of methoxy groups -OCH3 is 2. The van der Waals surface area contributed by atoms with E-state index in [0.29, 0.717) is 59.7 Å². The van der Waals surface area contributed by atoms with Crippen molar-refractivity contribution in [2.45, 2.75) is 26.2 Å². The molecule has 0 spiro atoms. The van der Waals surface area contributed by atoms with E-state index in [2.05, 4.69) is 15.6 Å². The maximum atomic E-state index is 13.3. The lowest BCUT2D eigenvalue weighted by molar-refractivity contribution is -0.141. The van der Waals surface area contributed by atoms with E-state index in [9.17, 15) is 40.7 Å². The third-order valence-corrected chi connectivity index (χ3v) is 10.4. The lowest BCUT2D eigenvalue weighted by atomic mass is 9.96. The van der Waals surface area contributed by atoms with E-state index >= 15 is 0 Å². The molecule has 1 aromatic heterocycles. The van der Waals surface area contributed by atoms with E-state index in [1.807, 2.05) is 73.7 Å². The second kappa shape index (κ2) is 22.0. The van der Waals surface area contributed by atoms with Crippen LogP contribution >= 0.6 is 0 Å². The number of carbonyl (C=O) groups excluding carboxylic acids is 2. The number of nitrogens with one attached hydrogen (secondary N) is 2. The second-order valence-corrected chi connectivity index (χ2v) is 15.0. The summed E-state index contributed by atoms with van der Waals surface area (Å²) in [7, 11) is 3.28. The van der Waals surface area contributed by atoms with Crippen LogP contribution in [-0.4, -0.2) is 55.3 Å². The SMILES string of the molecule is COc1ccc(OC)c(-c2ccc(NC(=O)c3ccccc3C)cc2)c1.Cc1ncccc1C(=O)Nc1ccc(-c2cc(C(F)(F)F)ccc2C(F)(F)F)cc1.O=C(O)c1cccc2c1OCCO2. The number of anilines is 2. The van der Waals surface area contributed by atoms with Crippen molar-refractivity contribution < 1.29 is 64.8 Å². The van der Waals surface area contributed by atoms with Gasteiger partial charge < -0.3 is 34.7 Å². The van der Waals surface area contributed by atoms with Crippen LogP contribution < -0.4 is 29.6 Å². The predicted octanol–water partition coefficient (Wildman–Crippen LogP) is 12.4. The van der Waals surface area contributed by atoms with Crippen LogP contribution in [0.2, 0.25) is 0 Å². The van der Waals surface area contributed by atoms with E-state index in [0.717, 1.165) is 33.9 Å². The van der Waals surface area contributed by atoms with Gasteiger partial charge >= 0.3 is 18.3 Å². The Morgan fingerprint density at radius 1 is 0.609 bits per heavy atom. The van der Waals surface area contributed by atoms with Gasteiger partial charge in [-0.15, -0.1) is 0 Å². The monoisotopic (exact) mass is 951 g/mol. The fourth-order valence-corrected chi connectivity index (χ4v) is 6.90. The summed E-state index contributed by atoms with van der Waals surface area (Å²) >= 11 is 0. The summed E-state index contributed by atoms with van der Waals surface area (Å²) < 4.78 is 100.0. The van der Waals surface area contributed by atoms with Gasteiger partial charge in [-0.05, 0) is 127 Å². The topological polar surface area (TPSA) is 145 Å². The standard InChI is InChI=1S/C22H21NO3.C21H14F6N2O.C9H8O4/c1-15-6-4-5-7-19(15)22(24)23-17-10-8-16(9-11-17)20-14-18(25-2)12-13-21(20)26-3;1-12-16(3-2-10-28-12)19(30)29-15-7-4-13(5-8-15)17-11-14(20(22,23)24)6-9-18(17)21(25,26)27;10-9(11)6-2-1-3-7-8(6)13-5-4-12-7/h4-14H,1-3H3,(H,23,24);2-11H,1H3,(H,29,30);1-3H,4-5H2,(H,10,11). The second-order valence-electron chi connectivity index (χ2n) is 15.0. The Kier molecular flexibility index (Phi) is 15.9. The highest BCUT2D eigenvalue weighted by Gasteiger charge is 2.37. The molecule has 0 saturated heterocycles. The summed E-state index contributed by atoms with van der Waals surface area (Å²) in [6.07, 6.45) is -8.09. The first-order valence-corrected chi connectivity index (χ1v) is 20.8. The van der Waals surface area contributed by atoms with E-state index < -0.39 is 40.9 Å². The van der Waals surface area contributed by atoms with Gasteiger partial charge in [0.2, 0.25) is 0 Å². The highest BCUT2D eigenvalue weighted by Crippen LogP contribution is 2.41. The molecule has 3 N–H and O–H groups in total. The number of rotatable bonds is 9. The van der Waals surface area contributed by atoms with Crippen molar-refractivity contribution in [2.75, 3.05) is 38.1 Å². The third-order valence-electron chi connectivity index (χ3n) is 10.4. The Morgan fingerprint density at radius 3 is 1.78 bits per heavy atom. The lowest BCUT2D eigenvalue weighted by Crippen LogP contribution is -2.17. The molecule has 0 aliphatic carbocycles. The van der Waals surface area contributed by atoms with Crippen molar-refractivity contribution in [1.82, 2.24) is 4.98 Å². The number of carboxylic acids is 1. The number of pyridine rings is 1. The Morgan fingerprint density at radius 2 is 1.20 bits per heavy atom. The number of carbonyl (C=O) groups is 3. The quantitative estimate of drug-likeness (QED) is 0.120. The Hall–Kier alpha value is -8.34. The number of aryl methyl sites for hydroxylation is 2. The largest absolute Gasteiger partial charge is 0.497 e. The molecule has 0 fully saturated rings. The average molecular weight is 952 g/mol. The Balaban J connectivity index is 0.000000182. The first kappa shape index (κ1) is 50.1. The van der Waals surface area contributed by atoms with E-state index in [4.69, 9.17) is 24.1 Å². The minimum Gasteiger partial charge on any atom is -0.497 e. The van der Waals surface area contributed by atoms with Crippen molar-refractivity contribution in [1.29, 1.82) is 0 Å². The van der Waals surface area contributed by atoms with E-state index in [1.165, 1.54) is 36.5 Å². The molecule has 11 nitrogen and oxygen atoms in total. The molecule has 0 bridgehead atoms. The van der Waals surface area contributed by atoms with Crippen molar-refractivity contribution in [3.8, 4) is 45.3 Å².